The van der Waals surface area contributed by atoms with Gasteiger partial charge < -0.3 is 18.9 Å². The van der Waals surface area contributed by atoms with Crippen molar-refractivity contribution < 1.29 is 25.1 Å². The molecule has 26 heavy (non-hydrogen) atoms. The first-order valence-corrected chi connectivity index (χ1v) is 8.65. The Morgan fingerprint density at radius 1 is 1.04 bits per heavy atom. The summed E-state index contributed by atoms with van der Waals surface area (Å²) >= 11 is 0. The molecule has 3 rings (SSSR count). The molecule has 1 aliphatic heterocycles. The molecule has 0 spiro atoms. The lowest BCUT2D eigenvalue weighted by Crippen LogP contribution is -2.17. The summed E-state index contributed by atoms with van der Waals surface area (Å²) in [6.45, 7) is 0.812. The highest BCUT2D eigenvalue weighted by atomic mass is 16.7. The Hall–Kier alpha value is -2.37. The smallest absolute Gasteiger partial charge is 0.170 e. The first-order chi connectivity index (χ1) is 13.0. The third kappa shape index (κ3) is 4.42. The van der Waals surface area contributed by atoms with Crippen molar-refractivity contribution in [2.75, 3.05) is 27.4 Å². The van der Waals surface area contributed by atoms with E-state index in [1.807, 2.05) is 24.3 Å². The fourth-order valence-corrected chi connectivity index (χ4v) is 3.00. The van der Waals surface area contributed by atoms with Gasteiger partial charge in [0.15, 0.2) is 12.0 Å². The van der Waals surface area contributed by atoms with Crippen molar-refractivity contribution >= 4 is 5.78 Å². The first kappa shape index (κ1) is 17.1. The van der Waals surface area contributed by atoms with Gasteiger partial charge in [0.25, 0.3) is 0 Å². The number of carbonyl (C=O) groups is 1. The summed E-state index contributed by atoms with van der Waals surface area (Å²) < 4.78 is 29.3. The van der Waals surface area contributed by atoms with E-state index in [0.717, 1.165) is 11.3 Å². The number of hydrogen-bond acceptors (Lipinski definition) is 5. The van der Waals surface area contributed by atoms with Gasteiger partial charge in [-0.05, 0) is 54.8 Å². The molecule has 0 saturated carbocycles. The van der Waals surface area contributed by atoms with Crippen LogP contribution in [0.5, 0.6) is 11.5 Å². The SMILES string of the molecule is [2H]C1(CCC(C(=O)c2ccc(OC)cc2)c2ccc(OC)cc2)OCCO1. The zero-order valence-corrected chi connectivity index (χ0v) is 15.1. The lowest BCUT2D eigenvalue weighted by atomic mass is 9.87. The summed E-state index contributed by atoms with van der Waals surface area (Å²) in [6.07, 6.45) is -0.614. The number of benzene rings is 2. The van der Waals surface area contributed by atoms with E-state index in [9.17, 15) is 4.79 Å². The monoisotopic (exact) mass is 357 g/mol. The number of ether oxygens (including phenoxy) is 4. The summed E-state index contributed by atoms with van der Waals surface area (Å²) in [5, 5.41) is 0. The van der Waals surface area contributed by atoms with Crippen molar-refractivity contribution in [3.63, 3.8) is 0 Å². The molecular formula is C21H24O5. The van der Waals surface area contributed by atoms with Crippen molar-refractivity contribution in [3.05, 3.63) is 59.7 Å². The lowest BCUT2D eigenvalue weighted by Gasteiger charge is -2.19. The Kier molecular flexibility index (Phi) is 5.79. The molecule has 0 bridgehead atoms. The minimum Gasteiger partial charge on any atom is -0.497 e. The Morgan fingerprint density at radius 3 is 2.12 bits per heavy atom. The van der Waals surface area contributed by atoms with E-state index in [-0.39, 0.29) is 5.78 Å². The molecule has 2 aromatic rings. The van der Waals surface area contributed by atoms with Crippen LogP contribution < -0.4 is 9.47 Å². The number of carbonyl (C=O) groups excluding carboxylic acids is 1. The molecular weight excluding hydrogens is 332 g/mol. The first-order valence-electron chi connectivity index (χ1n) is 9.15. The molecule has 1 unspecified atom stereocenters. The van der Waals surface area contributed by atoms with Crippen LogP contribution >= 0.6 is 0 Å². The van der Waals surface area contributed by atoms with Crippen molar-refractivity contribution in [1.82, 2.24) is 0 Å². The van der Waals surface area contributed by atoms with Gasteiger partial charge in [-0.3, -0.25) is 4.79 Å². The topological polar surface area (TPSA) is 54.0 Å². The van der Waals surface area contributed by atoms with Crippen LogP contribution in [0.15, 0.2) is 48.5 Å². The van der Waals surface area contributed by atoms with E-state index in [0.29, 0.717) is 37.4 Å². The second-order valence-corrected chi connectivity index (χ2v) is 6.03. The molecule has 1 saturated heterocycles. The normalized spacial score (nSPS) is 17.4. The molecule has 1 fully saturated rings. The number of methoxy groups -OCH3 is 2. The van der Waals surface area contributed by atoms with Gasteiger partial charge in [-0.2, -0.15) is 0 Å². The Labute approximate surface area is 155 Å². The molecule has 2 aromatic carbocycles. The molecule has 1 heterocycles. The summed E-state index contributed by atoms with van der Waals surface area (Å²) in [7, 11) is 3.19. The predicted molar refractivity (Wildman–Crippen MR) is 98.0 cm³/mol. The highest BCUT2D eigenvalue weighted by molar-refractivity contribution is 6.01. The van der Waals surface area contributed by atoms with Gasteiger partial charge in [0.1, 0.15) is 11.5 Å². The van der Waals surface area contributed by atoms with Crippen LogP contribution in [0.25, 0.3) is 0 Å². The highest BCUT2D eigenvalue weighted by Gasteiger charge is 2.25. The van der Waals surface area contributed by atoms with Crippen LogP contribution in [-0.4, -0.2) is 39.5 Å². The predicted octanol–water partition coefficient (Wildman–Crippen LogP) is 3.82. The largest absolute Gasteiger partial charge is 0.497 e. The van der Waals surface area contributed by atoms with Crippen LogP contribution in [-0.2, 0) is 9.47 Å². The van der Waals surface area contributed by atoms with Crippen LogP contribution in [0, 0.1) is 0 Å². The average molecular weight is 357 g/mol. The number of Topliss-reactive ketones (excluding diaryl/α,β-unsaturated/α-hetero) is 1. The van der Waals surface area contributed by atoms with Gasteiger partial charge in [0.05, 0.1) is 28.8 Å². The van der Waals surface area contributed by atoms with E-state index < -0.39 is 12.2 Å². The van der Waals surface area contributed by atoms with Crippen LogP contribution in [0.4, 0.5) is 0 Å². The summed E-state index contributed by atoms with van der Waals surface area (Å²) in [6, 6.07) is 14.5. The van der Waals surface area contributed by atoms with Gasteiger partial charge in [-0.25, -0.2) is 0 Å². The van der Waals surface area contributed by atoms with E-state index in [2.05, 4.69) is 0 Å². The van der Waals surface area contributed by atoms with Crippen molar-refractivity contribution in [3.8, 4) is 11.5 Å². The molecule has 1 atom stereocenters. The molecule has 5 heteroatoms. The van der Waals surface area contributed by atoms with Gasteiger partial charge in [0.2, 0.25) is 0 Å². The Bertz CT molecular complexity index is 751. The zero-order valence-electron chi connectivity index (χ0n) is 16.1. The number of hydrogen-bond donors (Lipinski definition) is 0. The highest BCUT2D eigenvalue weighted by Crippen LogP contribution is 2.29. The van der Waals surface area contributed by atoms with Crippen molar-refractivity contribution in [2.45, 2.75) is 25.0 Å². The Balaban J connectivity index is 1.83. The molecule has 1 aliphatic rings. The van der Waals surface area contributed by atoms with Gasteiger partial charge in [0, 0.05) is 11.5 Å². The third-order valence-corrected chi connectivity index (χ3v) is 4.46. The minimum atomic E-state index is -1.37. The third-order valence-electron chi connectivity index (χ3n) is 4.46. The van der Waals surface area contributed by atoms with Gasteiger partial charge in [-0.15, -0.1) is 0 Å². The maximum Gasteiger partial charge on any atom is 0.170 e. The Morgan fingerprint density at radius 2 is 1.58 bits per heavy atom. The molecule has 0 aromatic heterocycles. The number of rotatable bonds is 8. The standard InChI is InChI=1S/C21H24O5/c1-23-17-7-3-15(4-8-17)19(11-12-20-25-13-14-26-20)21(22)16-5-9-18(24-2)10-6-16/h3-10,19-20H,11-14H2,1-2H3/i20D. The second-order valence-electron chi connectivity index (χ2n) is 6.03. The van der Waals surface area contributed by atoms with Crippen molar-refractivity contribution in [2.24, 2.45) is 0 Å². The van der Waals surface area contributed by atoms with E-state index in [1.54, 1.807) is 38.5 Å². The van der Waals surface area contributed by atoms with Crippen molar-refractivity contribution in [1.29, 1.82) is 0 Å². The fraction of sp³-hybridized carbons (Fsp3) is 0.381. The van der Waals surface area contributed by atoms with Gasteiger partial charge in [-0.1, -0.05) is 12.1 Å². The van der Waals surface area contributed by atoms with E-state index in [1.165, 1.54) is 0 Å². The van der Waals surface area contributed by atoms with Crippen LogP contribution in [0.3, 0.4) is 0 Å². The van der Waals surface area contributed by atoms with E-state index in [4.69, 9.17) is 20.3 Å². The summed E-state index contributed by atoms with van der Waals surface area (Å²) in [4.78, 5) is 13.2. The van der Waals surface area contributed by atoms with E-state index >= 15 is 0 Å². The average Bonchev–Trinajstić information content (AvgIpc) is 3.15. The molecule has 0 aliphatic carbocycles. The van der Waals surface area contributed by atoms with Crippen LogP contribution in [0.1, 0.15) is 36.1 Å². The fourth-order valence-electron chi connectivity index (χ4n) is 3.00. The minimum absolute atomic E-state index is 0.00980. The molecule has 0 N–H and O–H groups in total. The van der Waals surface area contributed by atoms with Crippen LogP contribution in [0.2, 0.25) is 0 Å². The molecule has 5 nitrogen and oxygen atoms in total. The maximum atomic E-state index is 13.2. The zero-order chi connectivity index (χ0) is 19.3. The maximum absolute atomic E-state index is 13.2. The summed E-state index contributed by atoms with van der Waals surface area (Å²) in [5.41, 5.74) is 1.47. The molecule has 0 radical (unpaired) electrons. The molecule has 0 amide bonds. The quantitative estimate of drug-likeness (QED) is 0.672. The summed E-state index contributed by atoms with van der Waals surface area (Å²) in [5.74, 6) is 1.02. The van der Waals surface area contributed by atoms with Gasteiger partial charge >= 0.3 is 0 Å². The second kappa shape index (κ2) is 8.83. The molecule has 138 valence electrons. The lowest BCUT2D eigenvalue weighted by molar-refractivity contribution is -0.0483. The number of ketones is 1.